The van der Waals surface area contributed by atoms with Gasteiger partial charge in [0.05, 0.1) is 0 Å². The molecule has 6 heteroatoms. The molecule has 0 amide bonds. The van der Waals surface area contributed by atoms with Crippen molar-refractivity contribution in [3.05, 3.63) is 55.3 Å². The highest BCUT2D eigenvalue weighted by atomic mass is 35.5. The first-order valence-corrected chi connectivity index (χ1v) is 7.12. The number of hydrogen-bond acceptors (Lipinski definition) is 5. The Bertz CT molecular complexity index is 763. The summed E-state index contributed by atoms with van der Waals surface area (Å²) in [6.45, 7) is 1.96. The van der Waals surface area contributed by atoms with Crippen molar-refractivity contribution >= 4 is 23.2 Å². The second-order valence-electron chi connectivity index (χ2n) is 5.46. The molecule has 3 rings (SSSR count). The molecule has 5 nitrogen and oxygen atoms in total. The molecule has 21 heavy (non-hydrogen) atoms. The van der Waals surface area contributed by atoms with Crippen LogP contribution in [-0.2, 0) is 19.5 Å². The van der Waals surface area contributed by atoms with Crippen molar-refractivity contribution in [3.8, 4) is 0 Å². The van der Waals surface area contributed by atoms with E-state index in [4.69, 9.17) is 17.5 Å². The van der Waals surface area contributed by atoms with E-state index in [1.807, 2.05) is 4.90 Å². The molecule has 0 aliphatic carbocycles. The number of halogens is 1. The lowest BCUT2D eigenvalue weighted by Crippen LogP contribution is -2.44. The molecule has 0 aromatic heterocycles. The van der Waals surface area contributed by atoms with Crippen LogP contribution >= 0.6 is 11.8 Å². The van der Waals surface area contributed by atoms with Gasteiger partial charge in [0.25, 0.3) is 10.9 Å². The summed E-state index contributed by atoms with van der Waals surface area (Å²) in [7, 11) is 1.80. The number of nitrogen functional groups attached to an aromatic ring is 1. The van der Waals surface area contributed by atoms with Crippen LogP contribution in [0.2, 0.25) is 0 Å². The number of hydrogen-bond donors (Lipinski definition) is 1. The number of nitrogens with zero attached hydrogens (tertiary/aromatic N) is 2. The van der Waals surface area contributed by atoms with E-state index in [9.17, 15) is 9.59 Å². The lowest BCUT2D eigenvalue weighted by molar-refractivity contribution is 0.545. The third-order valence-electron chi connectivity index (χ3n) is 3.92. The molecule has 0 saturated carbocycles. The monoisotopic (exact) mass is 305 g/mol. The highest BCUT2D eigenvalue weighted by Gasteiger charge is 2.26. The zero-order valence-corrected chi connectivity index (χ0v) is 12.5. The SMILES string of the molecule is CN(Cl)Cc1ccc2c(c1)CN(c1c(N)c(=O)c1=O)CC2. The van der Waals surface area contributed by atoms with Crippen LogP contribution in [0.25, 0.3) is 0 Å². The molecule has 110 valence electrons. The van der Waals surface area contributed by atoms with Gasteiger partial charge in [-0.05, 0) is 34.9 Å². The zero-order chi connectivity index (χ0) is 15.1. The lowest BCUT2D eigenvalue weighted by atomic mass is 9.96. The fourth-order valence-corrected chi connectivity index (χ4v) is 3.00. The summed E-state index contributed by atoms with van der Waals surface area (Å²) in [5.41, 5.74) is 8.64. The summed E-state index contributed by atoms with van der Waals surface area (Å²) < 4.78 is 1.59. The minimum atomic E-state index is -0.562. The number of benzene rings is 1. The standard InChI is InChI=1S/C15H16ClN3O2/c1-18(16)7-9-2-3-10-4-5-19(8-11(10)6-9)13-12(17)14(20)15(13)21/h2-3,6H,4-5,7-8,17H2,1H3. The van der Waals surface area contributed by atoms with Gasteiger partial charge in [0, 0.05) is 26.7 Å². The smallest absolute Gasteiger partial charge is 0.253 e. The Morgan fingerprint density at radius 1 is 1.29 bits per heavy atom. The first-order valence-electron chi connectivity index (χ1n) is 6.78. The van der Waals surface area contributed by atoms with E-state index in [2.05, 4.69) is 18.2 Å². The number of nitrogens with two attached hydrogens (primary N) is 1. The van der Waals surface area contributed by atoms with Crippen molar-refractivity contribution in [2.45, 2.75) is 19.5 Å². The van der Waals surface area contributed by atoms with Crippen LogP contribution in [0, 0.1) is 0 Å². The van der Waals surface area contributed by atoms with Gasteiger partial charge in [0.2, 0.25) is 0 Å². The van der Waals surface area contributed by atoms with Crippen LogP contribution in [0.4, 0.5) is 11.4 Å². The molecule has 0 radical (unpaired) electrons. The zero-order valence-electron chi connectivity index (χ0n) is 11.7. The Labute approximate surface area is 127 Å². The second-order valence-corrected chi connectivity index (χ2v) is 6.04. The maximum atomic E-state index is 11.6. The van der Waals surface area contributed by atoms with E-state index >= 15 is 0 Å². The van der Waals surface area contributed by atoms with Crippen molar-refractivity contribution < 1.29 is 0 Å². The van der Waals surface area contributed by atoms with Gasteiger partial charge in [-0.2, -0.15) is 0 Å². The van der Waals surface area contributed by atoms with Crippen molar-refractivity contribution in [3.63, 3.8) is 0 Å². The maximum Gasteiger partial charge on any atom is 0.253 e. The largest absolute Gasteiger partial charge is 0.394 e. The van der Waals surface area contributed by atoms with Crippen LogP contribution < -0.4 is 21.5 Å². The van der Waals surface area contributed by atoms with Gasteiger partial charge in [-0.15, -0.1) is 0 Å². The Balaban J connectivity index is 1.88. The van der Waals surface area contributed by atoms with Crippen LogP contribution in [0.15, 0.2) is 27.8 Å². The third-order valence-corrected chi connectivity index (χ3v) is 4.04. The molecular weight excluding hydrogens is 290 g/mol. The van der Waals surface area contributed by atoms with Crippen molar-refractivity contribution in [2.75, 3.05) is 24.2 Å². The lowest BCUT2D eigenvalue weighted by Gasteiger charge is -2.32. The summed E-state index contributed by atoms with van der Waals surface area (Å²) in [6, 6.07) is 6.27. The molecule has 1 aliphatic heterocycles. The Hall–Kier alpha value is -1.85. The molecule has 0 atom stereocenters. The van der Waals surface area contributed by atoms with E-state index in [0.717, 1.165) is 17.5 Å². The summed E-state index contributed by atoms with van der Waals surface area (Å²) in [4.78, 5) is 24.8. The van der Waals surface area contributed by atoms with Gasteiger partial charge in [-0.3, -0.25) is 9.59 Å². The van der Waals surface area contributed by atoms with Gasteiger partial charge >= 0.3 is 0 Å². The van der Waals surface area contributed by atoms with Gasteiger partial charge in [-0.25, -0.2) is 4.42 Å². The average molecular weight is 306 g/mol. The summed E-state index contributed by atoms with van der Waals surface area (Å²) in [6.07, 6.45) is 0.838. The fraction of sp³-hybridized carbons (Fsp3) is 0.333. The van der Waals surface area contributed by atoms with Gasteiger partial charge < -0.3 is 10.6 Å². The van der Waals surface area contributed by atoms with Gasteiger partial charge in [0.15, 0.2) is 0 Å². The second kappa shape index (κ2) is 5.16. The number of fused-ring (bicyclic) bond motifs is 1. The quantitative estimate of drug-likeness (QED) is 0.677. The van der Waals surface area contributed by atoms with E-state index in [1.165, 1.54) is 5.56 Å². The molecular formula is C15H16ClN3O2. The summed E-state index contributed by atoms with van der Waals surface area (Å²) in [5.74, 6) is 0. The third kappa shape index (κ3) is 2.43. The van der Waals surface area contributed by atoms with Crippen LogP contribution in [0.5, 0.6) is 0 Å². The first-order chi connectivity index (χ1) is 9.97. The van der Waals surface area contributed by atoms with E-state index in [1.54, 1.807) is 11.5 Å². The van der Waals surface area contributed by atoms with Crippen molar-refractivity contribution in [1.82, 2.24) is 4.42 Å². The molecule has 1 heterocycles. The predicted octanol–water partition coefficient (Wildman–Crippen LogP) is 1.01. The number of rotatable bonds is 3. The molecule has 2 aromatic rings. The van der Waals surface area contributed by atoms with Crippen LogP contribution in [-0.4, -0.2) is 18.0 Å². The molecule has 1 aliphatic rings. The minimum Gasteiger partial charge on any atom is -0.394 e. The molecule has 0 fully saturated rings. The van der Waals surface area contributed by atoms with Crippen molar-refractivity contribution in [2.24, 2.45) is 0 Å². The molecule has 2 aromatic carbocycles. The van der Waals surface area contributed by atoms with Crippen LogP contribution in [0.1, 0.15) is 16.7 Å². The molecule has 0 unspecified atom stereocenters. The topological polar surface area (TPSA) is 66.6 Å². The first kappa shape index (κ1) is 14.1. The van der Waals surface area contributed by atoms with E-state index in [0.29, 0.717) is 25.3 Å². The summed E-state index contributed by atoms with van der Waals surface area (Å²) in [5, 5.41) is 0. The Morgan fingerprint density at radius 2 is 2.05 bits per heavy atom. The minimum absolute atomic E-state index is 0.0973. The molecule has 0 bridgehead atoms. The van der Waals surface area contributed by atoms with Gasteiger partial charge in [-0.1, -0.05) is 18.2 Å². The highest BCUT2D eigenvalue weighted by molar-refractivity contribution is 6.13. The Kier molecular flexibility index (Phi) is 3.47. The van der Waals surface area contributed by atoms with Crippen molar-refractivity contribution in [1.29, 1.82) is 0 Å². The normalized spacial score (nSPS) is 14.7. The highest BCUT2D eigenvalue weighted by Crippen LogP contribution is 2.26. The predicted molar refractivity (Wildman–Crippen MR) is 84.3 cm³/mol. The Morgan fingerprint density at radius 3 is 2.71 bits per heavy atom. The van der Waals surface area contributed by atoms with E-state index in [-0.39, 0.29) is 5.69 Å². The van der Waals surface area contributed by atoms with Crippen LogP contribution in [0.3, 0.4) is 0 Å². The average Bonchev–Trinajstić information content (AvgIpc) is 2.46. The number of anilines is 2. The fourth-order valence-electron chi connectivity index (χ4n) is 2.86. The summed E-state index contributed by atoms with van der Waals surface area (Å²) >= 11 is 5.88. The molecule has 0 saturated heterocycles. The van der Waals surface area contributed by atoms with Gasteiger partial charge in [0.1, 0.15) is 11.4 Å². The maximum absolute atomic E-state index is 11.6. The molecule has 0 spiro atoms. The van der Waals surface area contributed by atoms with E-state index < -0.39 is 10.9 Å². The molecule has 2 N–H and O–H groups in total.